The van der Waals surface area contributed by atoms with Gasteiger partial charge in [0.2, 0.25) is 5.91 Å². The fourth-order valence-corrected chi connectivity index (χ4v) is 4.25. The summed E-state index contributed by atoms with van der Waals surface area (Å²) < 4.78 is 10.8. The van der Waals surface area contributed by atoms with Crippen molar-refractivity contribution >= 4 is 11.9 Å². The van der Waals surface area contributed by atoms with Crippen LogP contribution in [0.15, 0.2) is 27.8 Å². The Balaban J connectivity index is 1.54. The van der Waals surface area contributed by atoms with Crippen LogP contribution in [-0.4, -0.2) is 68.2 Å². The molecule has 0 bridgehead atoms. The van der Waals surface area contributed by atoms with Gasteiger partial charge in [-0.25, -0.2) is 4.99 Å². The van der Waals surface area contributed by atoms with E-state index in [0.717, 1.165) is 45.2 Å². The maximum atomic E-state index is 12.1. The number of guanidine groups is 1. The summed E-state index contributed by atoms with van der Waals surface area (Å²) >= 11 is 0. The monoisotopic (exact) mass is 405 g/mol. The highest BCUT2D eigenvalue weighted by Gasteiger charge is 2.38. The number of amides is 1. The van der Waals surface area contributed by atoms with Gasteiger partial charge < -0.3 is 25.1 Å². The molecule has 0 aromatic carbocycles. The molecule has 0 spiro atoms. The molecule has 3 N–H and O–H groups in total. The highest BCUT2D eigenvalue weighted by molar-refractivity contribution is 5.84. The van der Waals surface area contributed by atoms with E-state index in [1.165, 1.54) is 32.1 Å². The van der Waals surface area contributed by atoms with Crippen LogP contribution in [0.3, 0.4) is 0 Å². The lowest BCUT2D eigenvalue weighted by molar-refractivity contribution is -0.119. The lowest BCUT2D eigenvalue weighted by Crippen LogP contribution is -2.60. The van der Waals surface area contributed by atoms with Crippen LogP contribution in [-0.2, 0) is 16.1 Å². The van der Waals surface area contributed by atoms with E-state index < -0.39 is 0 Å². The maximum absolute atomic E-state index is 12.1. The maximum Gasteiger partial charge on any atom is 0.242 e. The first-order valence-corrected chi connectivity index (χ1v) is 10.9. The van der Waals surface area contributed by atoms with Crippen molar-refractivity contribution in [3.63, 3.8) is 0 Å². The lowest BCUT2D eigenvalue weighted by atomic mass is 9.80. The number of furan rings is 1. The molecule has 2 fully saturated rings. The number of hydrogen-bond donors (Lipinski definition) is 3. The molecule has 2 aliphatic rings. The van der Waals surface area contributed by atoms with Crippen LogP contribution >= 0.6 is 0 Å². The van der Waals surface area contributed by atoms with Crippen molar-refractivity contribution in [3.8, 4) is 0 Å². The van der Waals surface area contributed by atoms with E-state index in [1.807, 2.05) is 19.1 Å². The van der Waals surface area contributed by atoms with Crippen molar-refractivity contribution < 1.29 is 13.9 Å². The van der Waals surface area contributed by atoms with Gasteiger partial charge in [-0.1, -0.05) is 19.3 Å². The average molecular weight is 406 g/mol. The first-order chi connectivity index (χ1) is 14.2. The third-order valence-corrected chi connectivity index (χ3v) is 5.82. The van der Waals surface area contributed by atoms with Gasteiger partial charge in [-0.2, -0.15) is 0 Å². The molecule has 1 aliphatic carbocycles. The van der Waals surface area contributed by atoms with Crippen molar-refractivity contribution in [3.05, 3.63) is 24.2 Å². The molecule has 1 aliphatic heterocycles. The first kappa shape index (κ1) is 21.6. The largest absolute Gasteiger partial charge is 0.467 e. The molecule has 1 saturated heterocycles. The van der Waals surface area contributed by atoms with Crippen molar-refractivity contribution in [2.24, 2.45) is 4.99 Å². The Kier molecular flexibility index (Phi) is 8.37. The summed E-state index contributed by atoms with van der Waals surface area (Å²) in [5, 5.41) is 9.61. The van der Waals surface area contributed by atoms with Crippen LogP contribution in [0.5, 0.6) is 0 Å². The molecule has 8 nitrogen and oxygen atoms in total. The fourth-order valence-electron chi connectivity index (χ4n) is 4.25. The van der Waals surface area contributed by atoms with Gasteiger partial charge in [0.1, 0.15) is 12.3 Å². The number of morpholine rings is 1. The first-order valence-electron chi connectivity index (χ1n) is 10.9. The van der Waals surface area contributed by atoms with E-state index in [4.69, 9.17) is 9.15 Å². The Labute approximate surface area is 173 Å². The normalized spacial score (nSPS) is 20.2. The smallest absolute Gasteiger partial charge is 0.242 e. The van der Waals surface area contributed by atoms with Crippen LogP contribution in [0.2, 0.25) is 0 Å². The van der Waals surface area contributed by atoms with Crippen molar-refractivity contribution in [1.29, 1.82) is 0 Å². The average Bonchev–Trinajstić information content (AvgIpc) is 3.29. The Morgan fingerprint density at radius 1 is 1.17 bits per heavy atom. The third kappa shape index (κ3) is 6.47. The highest BCUT2D eigenvalue weighted by atomic mass is 16.5. The predicted octanol–water partition coefficient (Wildman–Crippen LogP) is 1.49. The summed E-state index contributed by atoms with van der Waals surface area (Å²) in [5.74, 6) is 1.30. The second-order valence-corrected chi connectivity index (χ2v) is 7.79. The topological polar surface area (TPSA) is 91.1 Å². The van der Waals surface area contributed by atoms with Crippen LogP contribution < -0.4 is 16.0 Å². The minimum atomic E-state index is -0.126. The van der Waals surface area contributed by atoms with E-state index in [1.54, 1.807) is 6.26 Å². The van der Waals surface area contributed by atoms with Crippen LogP contribution in [0.25, 0.3) is 0 Å². The molecule has 1 amide bonds. The minimum absolute atomic E-state index is 0.0839. The molecular formula is C21H35N5O3. The van der Waals surface area contributed by atoms with Crippen LogP contribution in [0, 0.1) is 0 Å². The second-order valence-electron chi connectivity index (χ2n) is 7.79. The van der Waals surface area contributed by atoms with E-state index in [9.17, 15) is 4.79 Å². The third-order valence-electron chi connectivity index (χ3n) is 5.82. The van der Waals surface area contributed by atoms with Gasteiger partial charge in [0.25, 0.3) is 0 Å². The van der Waals surface area contributed by atoms with Gasteiger partial charge in [-0.3, -0.25) is 9.69 Å². The lowest BCUT2D eigenvalue weighted by Gasteiger charge is -2.48. The standard InChI is InChI=1S/C21H35N5O3/c1-2-22-20(24-16-19(27)23-15-18-7-6-12-29-18)25-17-21(8-4-3-5-9-21)26-10-13-28-14-11-26/h6-7,12H,2-5,8-11,13-17H2,1H3,(H,23,27)(H2,22,24,25). The Bertz CT molecular complexity index is 635. The summed E-state index contributed by atoms with van der Waals surface area (Å²) in [7, 11) is 0. The minimum Gasteiger partial charge on any atom is -0.467 e. The highest BCUT2D eigenvalue weighted by Crippen LogP contribution is 2.33. The van der Waals surface area contributed by atoms with Crippen LogP contribution in [0.4, 0.5) is 0 Å². The van der Waals surface area contributed by atoms with E-state index in [2.05, 4.69) is 25.8 Å². The van der Waals surface area contributed by atoms with Gasteiger partial charge in [-0.15, -0.1) is 0 Å². The van der Waals surface area contributed by atoms with Gasteiger partial charge in [0, 0.05) is 31.7 Å². The number of carbonyl (C=O) groups is 1. The predicted molar refractivity (Wildman–Crippen MR) is 113 cm³/mol. The zero-order valence-corrected chi connectivity index (χ0v) is 17.5. The Morgan fingerprint density at radius 3 is 2.66 bits per heavy atom. The van der Waals surface area contributed by atoms with E-state index in [0.29, 0.717) is 12.5 Å². The molecule has 1 aromatic rings. The molecule has 0 radical (unpaired) electrons. The number of rotatable bonds is 8. The molecule has 162 valence electrons. The van der Waals surface area contributed by atoms with Crippen LogP contribution in [0.1, 0.15) is 44.8 Å². The van der Waals surface area contributed by atoms with Gasteiger partial charge in [0.05, 0.1) is 26.0 Å². The van der Waals surface area contributed by atoms with E-state index in [-0.39, 0.29) is 18.0 Å². The number of nitrogens with one attached hydrogen (secondary N) is 3. The molecule has 2 heterocycles. The summed E-state index contributed by atoms with van der Waals surface area (Å²) in [4.78, 5) is 19.2. The second kappa shape index (κ2) is 11.2. The number of hydrogen-bond acceptors (Lipinski definition) is 5. The molecule has 0 unspecified atom stereocenters. The summed E-state index contributed by atoms with van der Waals surface area (Å²) in [6, 6.07) is 3.65. The molecule has 3 rings (SSSR count). The SMILES string of the molecule is CCNC(=NCC(=O)NCc1ccco1)NCC1(N2CCOCC2)CCCCC1. The Morgan fingerprint density at radius 2 is 1.97 bits per heavy atom. The number of nitrogens with zero attached hydrogens (tertiary/aromatic N) is 2. The zero-order valence-electron chi connectivity index (χ0n) is 17.5. The summed E-state index contributed by atoms with van der Waals surface area (Å²) in [6.45, 7) is 7.70. The molecule has 0 atom stereocenters. The summed E-state index contributed by atoms with van der Waals surface area (Å²) in [5.41, 5.74) is 0.153. The Hall–Kier alpha value is -2.06. The molecular weight excluding hydrogens is 370 g/mol. The van der Waals surface area contributed by atoms with Gasteiger partial charge in [0.15, 0.2) is 5.96 Å². The van der Waals surface area contributed by atoms with E-state index >= 15 is 0 Å². The quantitative estimate of drug-likeness (QED) is 0.448. The van der Waals surface area contributed by atoms with Crippen molar-refractivity contribution in [1.82, 2.24) is 20.9 Å². The summed E-state index contributed by atoms with van der Waals surface area (Å²) in [6.07, 6.45) is 7.84. The fraction of sp³-hybridized carbons (Fsp3) is 0.714. The zero-order chi connectivity index (χ0) is 20.4. The van der Waals surface area contributed by atoms with Crippen molar-refractivity contribution in [2.75, 3.05) is 45.9 Å². The number of ether oxygens (including phenoxy) is 1. The molecule has 8 heteroatoms. The molecule has 1 aromatic heterocycles. The van der Waals surface area contributed by atoms with Gasteiger partial charge in [-0.05, 0) is 31.9 Å². The molecule has 29 heavy (non-hydrogen) atoms. The number of aliphatic imine (C=N–C) groups is 1. The number of carbonyl (C=O) groups excluding carboxylic acids is 1. The molecule has 1 saturated carbocycles. The van der Waals surface area contributed by atoms with Crippen molar-refractivity contribution in [2.45, 2.75) is 51.1 Å². The van der Waals surface area contributed by atoms with Gasteiger partial charge >= 0.3 is 0 Å².